The van der Waals surface area contributed by atoms with E-state index in [1.165, 1.54) is 0 Å². The van der Waals surface area contributed by atoms with Gasteiger partial charge in [-0.1, -0.05) is 29.8 Å². The van der Waals surface area contributed by atoms with Gasteiger partial charge in [0.2, 0.25) is 5.91 Å². The maximum atomic E-state index is 12.3. The van der Waals surface area contributed by atoms with Crippen molar-refractivity contribution in [2.45, 2.75) is 25.8 Å². The molecule has 2 amide bonds. The van der Waals surface area contributed by atoms with Gasteiger partial charge in [0.05, 0.1) is 19.1 Å². The molecule has 1 aliphatic rings. The van der Waals surface area contributed by atoms with Gasteiger partial charge in [-0.3, -0.25) is 4.79 Å². The van der Waals surface area contributed by atoms with Gasteiger partial charge in [-0.05, 0) is 42.7 Å². The van der Waals surface area contributed by atoms with E-state index in [4.69, 9.17) is 21.1 Å². The zero-order valence-electron chi connectivity index (χ0n) is 15.0. The average Bonchev–Trinajstić information content (AvgIpc) is 3.04. The summed E-state index contributed by atoms with van der Waals surface area (Å²) in [5.74, 6) is 0.562. The summed E-state index contributed by atoms with van der Waals surface area (Å²) in [6, 6.07) is 12.6. The molecular weight excluding hydrogens is 368 g/mol. The topological polar surface area (TPSA) is 76.7 Å². The quantitative estimate of drug-likeness (QED) is 0.760. The van der Waals surface area contributed by atoms with Gasteiger partial charge in [0, 0.05) is 16.8 Å². The van der Waals surface area contributed by atoms with Gasteiger partial charge in [0.1, 0.15) is 12.4 Å². The molecule has 0 spiro atoms. The minimum Gasteiger partial charge on any atom is -0.494 e. The molecule has 27 heavy (non-hydrogen) atoms. The number of alkyl carbamates (subject to hydrolysis) is 1. The fraction of sp³-hybridized carbons (Fsp3) is 0.300. The highest BCUT2D eigenvalue weighted by Crippen LogP contribution is 2.26. The Bertz CT molecular complexity index is 823. The minimum atomic E-state index is -0.399. The summed E-state index contributed by atoms with van der Waals surface area (Å²) < 4.78 is 10.6. The van der Waals surface area contributed by atoms with Crippen molar-refractivity contribution in [2.75, 3.05) is 18.5 Å². The molecule has 1 heterocycles. The van der Waals surface area contributed by atoms with E-state index in [2.05, 4.69) is 10.6 Å². The van der Waals surface area contributed by atoms with Crippen molar-refractivity contribution in [1.82, 2.24) is 5.32 Å². The minimum absolute atomic E-state index is 0.0814. The zero-order chi connectivity index (χ0) is 19.2. The van der Waals surface area contributed by atoms with Gasteiger partial charge >= 0.3 is 6.09 Å². The van der Waals surface area contributed by atoms with Gasteiger partial charge in [-0.2, -0.15) is 0 Å². The van der Waals surface area contributed by atoms with E-state index in [1.807, 2.05) is 31.2 Å². The van der Waals surface area contributed by atoms with E-state index in [0.717, 1.165) is 11.1 Å². The van der Waals surface area contributed by atoms with Gasteiger partial charge in [-0.15, -0.1) is 0 Å². The molecule has 0 aromatic heterocycles. The van der Waals surface area contributed by atoms with E-state index in [1.54, 1.807) is 18.2 Å². The lowest BCUT2D eigenvalue weighted by Crippen LogP contribution is -2.28. The van der Waals surface area contributed by atoms with Crippen LogP contribution in [-0.4, -0.2) is 31.3 Å². The smallest absolute Gasteiger partial charge is 0.407 e. The molecule has 0 unspecified atom stereocenters. The molecule has 1 atom stereocenters. The first-order valence-electron chi connectivity index (χ1n) is 8.77. The molecular formula is C20H21ClN2O4. The molecule has 0 aliphatic carbocycles. The Labute approximate surface area is 162 Å². The lowest BCUT2D eigenvalue weighted by Gasteiger charge is -2.15. The van der Waals surface area contributed by atoms with Crippen LogP contribution in [0.1, 0.15) is 18.1 Å². The molecule has 0 bridgehead atoms. The second-order valence-electron chi connectivity index (χ2n) is 6.25. The number of ether oxygens (including phenoxy) is 2. The molecule has 0 radical (unpaired) electrons. The van der Waals surface area contributed by atoms with Gasteiger partial charge in [-0.25, -0.2) is 4.79 Å². The summed E-state index contributed by atoms with van der Waals surface area (Å²) >= 11 is 5.86. The molecule has 2 aromatic carbocycles. The van der Waals surface area contributed by atoms with Crippen molar-refractivity contribution in [3.05, 3.63) is 58.6 Å². The fourth-order valence-electron chi connectivity index (χ4n) is 2.89. The van der Waals surface area contributed by atoms with Crippen molar-refractivity contribution in [1.29, 1.82) is 0 Å². The summed E-state index contributed by atoms with van der Waals surface area (Å²) in [5, 5.41) is 6.28. The van der Waals surface area contributed by atoms with Crippen molar-refractivity contribution >= 4 is 29.3 Å². The highest BCUT2D eigenvalue weighted by molar-refractivity contribution is 6.30. The summed E-state index contributed by atoms with van der Waals surface area (Å²) in [5.41, 5.74) is 2.49. The maximum absolute atomic E-state index is 12.3. The van der Waals surface area contributed by atoms with Crippen LogP contribution in [0.25, 0.3) is 0 Å². The van der Waals surface area contributed by atoms with E-state index in [-0.39, 0.29) is 18.4 Å². The van der Waals surface area contributed by atoms with Gasteiger partial charge in [0.15, 0.2) is 0 Å². The van der Waals surface area contributed by atoms with Crippen LogP contribution in [0.15, 0.2) is 42.5 Å². The Balaban J connectivity index is 1.66. The molecule has 6 nitrogen and oxygen atoms in total. The van der Waals surface area contributed by atoms with E-state index in [0.29, 0.717) is 36.1 Å². The zero-order valence-corrected chi connectivity index (χ0v) is 15.7. The molecule has 2 N–H and O–H groups in total. The van der Waals surface area contributed by atoms with Crippen molar-refractivity contribution in [3.63, 3.8) is 0 Å². The molecule has 2 aromatic rings. The molecule has 7 heteroatoms. The number of hydrogen-bond donors (Lipinski definition) is 2. The van der Waals surface area contributed by atoms with Crippen LogP contribution in [0.4, 0.5) is 10.5 Å². The predicted octanol–water partition coefficient (Wildman–Crippen LogP) is 3.57. The monoisotopic (exact) mass is 388 g/mol. The number of rotatable bonds is 7. The Morgan fingerprint density at radius 2 is 2.07 bits per heavy atom. The van der Waals surface area contributed by atoms with E-state index < -0.39 is 6.09 Å². The summed E-state index contributed by atoms with van der Waals surface area (Å²) in [7, 11) is 0. The summed E-state index contributed by atoms with van der Waals surface area (Å²) in [4.78, 5) is 23.5. The number of halogens is 1. The Morgan fingerprint density at radius 1 is 1.30 bits per heavy atom. The molecule has 142 valence electrons. The SMILES string of the molecule is CCOc1cc(NC(=O)Cc2ccc(Cl)cc2)ccc1C[C@H]1COC(=O)N1. The number of hydrogen-bond acceptors (Lipinski definition) is 4. The Hall–Kier alpha value is -2.73. The van der Waals surface area contributed by atoms with Crippen LogP contribution < -0.4 is 15.4 Å². The number of carbonyl (C=O) groups is 2. The lowest BCUT2D eigenvalue weighted by atomic mass is 10.0. The normalized spacial score (nSPS) is 15.8. The molecule has 1 saturated heterocycles. The van der Waals surface area contributed by atoms with Crippen LogP contribution in [0, 0.1) is 0 Å². The third kappa shape index (κ3) is 5.37. The van der Waals surface area contributed by atoms with E-state index in [9.17, 15) is 9.59 Å². The first kappa shape index (κ1) is 19.0. The number of cyclic esters (lactones) is 1. The van der Waals surface area contributed by atoms with Crippen molar-refractivity contribution < 1.29 is 19.1 Å². The number of nitrogens with one attached hydrogen (secondary N) is 2. The largest absolute Gasteiger partial charge is 0.494 e. The number of anilines is 1. The van der Waals surface area contributed by atoms with Crippen LogP contribution >= 0.6 is 11.6 Å². The Morgan fingerprint density at radius 3 is 2.74 bits per heavy atom. The lowest BCUT2D eigenvalue weighted by molar-refractivity contribution is -0.115. The first-order valence-corrected chi connectivity index (χ1v) is 9.14. The maximum Gasteiger partial charge on any atom is 0.407 e. The highest BCUT2D eigenvalue weighted by atomic mass is 35.5. The number of amides is 2. The standard InChI is InChI=1S/C20H21ClN2O4/c1-2-26-18-11-16(8-5-14(18)10-17-12-27-20(25)23-17)22-19(24)9-13-3-6-15(21)7-4-13/h3-8,11,17H,2,9-10,12H2,1H3,(H,22,24)(H,23,25)/t17-/m0/s1. The average molecular weight is 389 g/mol. The Kier molecular flexibility index (Phi) is 6.19. The van der Waals surface area contributed by atoms with Crippen LogP contribution in [0.5, 0.6) is 5.75 Å². The van der Waals surface area contributed by atoms with Crippen LogP contribution in [0.2, 0.25) is 5.02 Å². The fourth-order valence-corrected chi connectivity index (χ4v) is 3.01. The summed E-state index contributed by atoms with van der Waals surface area (Å²) in [6.07, 6.45) is 0.457. The molecule has 3 rings (SSSR count). The highest BCUT2D eigenvalue weighted by Gasteiger charge is 2.23. The first-order chi connectivity index (χ1) is 13.0. The van der Waals surface area contributed by atoms with Gasteiger partial charge in [0.25, 0.3) is 0 Å². The number of benzene rings is 2. The summed E-state index contributed by atoms with van der Waals surface area (Å²) in [6.45, 7) is 2.74. The molecule has 1 aliphatic heterocycles. The predicted molar refractivity (Wildman–Crippen MR) is 103 cm³/mol. The third-order valence-electron chi connectivity index (χ3n) is 4.13. The second-order valence-corrected chi connectivity index (χ2v) is 6.69. The third-order valence-corrected chi connectivity index (χ3v) is 4.38. The van der Waals surface area contributed by atoms with Crippen molar-refractivity contribution in [3.8, 4) is 5.75 Å². The second kappa shape index (κ2) is 8.77. The van der Waals surface area contributed by atoms with Crippen LogP contribution in [-0.2, 0) is 22.4 Å². The number of carbonyl (C=O) groups excluding carboxylic acids is 2. The van der Waals surface area contributed by atoms with Crippen molar-refractivity contribution in [2.24, 2.45) is 0 Å². The molecule has 1 fully saturated rings. The molecule has 0 saturated carbocycles. The van der Waals surface area contributed by atoms with Crippen LogP contribution in [0.3, 0.4) is 0 Å². The van der Waals surface area contributed by atoms with E-state index >= 15 is 0 Å². The van der Waals surface area contributed by atoms with Gasteiger partial charge < -0.3 is 20.1 Å².